The van der Waals surface area contributed by atoms with Crippen molar-refractivity contribution in [2.75, 3.05) is 0 Å². The molecule has 1 aromatic carbocycles. The minimum atomic E-state index is -3.30. The van der Waals surface area contributed by atoms with Crippen molar-refractivity contribution < 1.29 is 13.5 Å². The van der Waals surface area contributed by atoms with E-state index in [4.69, 9.17) is 0 Å². The number of nitrogens with one attached hydrogen (secondary N) is 1. The lowest BCUT2D eigenvalue weighted by atomic mass is 10.2. The van der Waals surface area contributed by atoms with Crippen LogP contribution in [-0.4, -0.2) is 18.5 Å². The molecule has 0 saturated carbocycles. The first-order chi connectivity index (χ1) is 9.05. The fourth-order valence-electron chi connectivity index (χ4n) is 1.76. The third-order valence-corrected chi connectivity index (χ3v) is 3.72. The summed E-state index contributed by atoms with van der Waals surface area (Å²) < 4.78 is 22.3. The maximum Gasteiger partial charge on any atom is 0.196 e. The van der Waals surface area contributed by atoms with Crippen LogP contribution in [0.2, 0.25) is 0 Å². The van der Waals surface area contributed by atoms with Gasteiger partial charge in [-0.15, -0.1) is 10.2 Å². The summed E-state index contributed by atoms with van der Waals surface area (Å²) in [6, 6.07) is 7.17. The van der Waals surface area contributed by atoms with Crippen LogP contribution in [0.4, 0.5) is 5.82 Å². The predicted octanol–water partition coefficient (Wildman–Crippen LogP) is 2.74. The summed E-state index contributed by atoms with van der Waals surface area (Å²) >= 11 is 0. The molecule has 19 heavy (non-hydrogen) atoms. The van der Waals surface area contributed by atoms with Gasteiger partial charge < -0.3 is 10.1 Å². The zero-order valence-electron chi connectivity index (χ0n) is 9.61. The molecule has 3 rings (SSSR count). The van der Waals surface area contributed by atoms with Crippen molar-refractivity contribution in [2.45, 2.75) is 0 Å². The van der Waals surface area contributed by atoms with Crippen LogP contribution in [0.1, 0.15) is 0 Å². The molecular weight excluding hydrogens is 266 g/mol. The molecule has 0 saturated heterocycles. The minimum Gasteiger partial charge on any atom is -0.504 e. The number of fused-ring (bicyclic) bond motifs is 1. The fourth-order valence-corrected chi connectivity index (χ4v) is 2.63. The van der Waals surface area contributed by atoms with Gasteiger partial charge in [-0.3, -0.25) is 0 Å². The van der Waals surface area contributed by atoms with Crippen LogP contribution >= 0.6 is 0 Å². The van der Waals surface area contributed by atoms with E-state index in [2.05, 4.69) is 15.2 Å². The van der Waals surface area contributed by atoms with Crippen molar-refractivity contribution >= 4 is 26.6 Å². The second-order valence-electron chi connectivity index (χ2n) is 4.00. The maximum absolute atomic E-state index is 11.1. The van der Waals surface area contributed by atoms with Crippen molar-refractivity contribution in [3.05, 3.63) is 46.9 Å². The largest absolute Gasteiger partial charge is 0.504 e. The van der Waals surface area contributed by atoms with Crippen LogP contribution in [0.3, 0.4) is 0 Å². The first-order valence-corrected chi connectivity index (χ1v) is 7.02. The molecule has 1 aliphatic rings. The van der Waals surface area contributed by atoms with Gasteiger partial charge in [0.05, 0.1) is 16.6 Å². The molecule has 1 aromatic heterocycles. The lowest BCUT2D eigenvalue weighted by Crippen LogP contribution is -1.81. The highest BCUT2D eigenvalue weighted by molar-refractivity contribution is 7.97. The van der Waals surface area contributed by atoms with Gasteiger partial charge in [0, 0.05) is 10.8 Å². The van der Waals surface area contributed by atoms with Crippen molar-refractivity contribution in [2.24, 2.45) is 10.2 Å². The highest BCUT2D eigenvalue weighted by atomic mass is 32.2. The van der Waals surface area contributed by atoms with E-state index in [-0.39, 0.29) is 17.3 Å². The fraction of sp³-hybridized carbons (Fsp3) is 0. The molecule has 0 fully saturated rings. The van der Waals surface area contributed by atoms with Crippen LogP contribution in [-0.2, 0) is 9.84 Å². The zero-order chi connectivity index (χ0) is 13.5. The molecule has 1 aliphatic heterocycles. The quantitative estimate of drug-likeness (QED) is 0.825. The average molecular weight is 275 g/mol. The Labute approximate surface area is 108 Å². The Morgan fingerprint density at radius 1 is 1.16 bits per heavy atom. The molecule has 0 bridgehead atoms. The smallest absolute Gasteiger partial charge is 0.196 e. The molecule has 0 radical (unpaired) electrons. The Hall–Kier alpha value is -2.41. The Kier molecular flexibility index (Phi) is 2.49. The Bertz CT molecular complexity index is 844. The van der Waals surface area contributed by atoms with Gasteiger partial charge in [-0.1, -0.05) is 12.1 Å². The third kappa shape index (κ3) is 2.15. The molecule has 0 spiro atoms. The molecule has 0 unspecified atom stereocenters. The molecule has 7 heteroatoms. The van der Waals surface area contributed by atoms with E-state index < -0.39 is 9.84 Å². The van der Waals surface area contributed by atoms with Crippen molar-refractivity contribution in [3.63, 3.8) is 0 Å². The van der Waals surface area contributed by atoms with Gasteiger partial charge in [0.2, 0.25) is 0 Å². The predicted molar refractivity (Wildman–Crippen MR) is 70.6 cm³/mol. The number of benzene rings is 1. The zero-order valence-corrected chi connectivity index (χ0v) is 10.4. The van der Waals surface area contributed by atoms with E-state index in [1.165, 1.54) is 6.08 Å². The standard InChI is InChI=1S/C12H9N3O3S/c16-11-9-3-1-2-4-10(9)13-12(11)15-14-8-5-6-19(17,18)7-8/h1-7,13,16H. The number of hydrogen-bond donors (Lipinski definition) is 2. The lowest BCUT2D eigenvalue weighted by molar-refractivity contribution is 0.482. The van der Waals surface area contributed by atoms with Crippen LogP contribution in [0, 0.1) is 0 Å². The van der Waals surface area contributed by atoms with E-state index in [0.717, 1.165) is 16.3 Å². The molecule has 6 nitrogen and oxygen atoms in total. The SMILES string of the molecule is O=S1(=O)C=CC(N=Nc2[nH]c3ccccc3c2O)=C1. The number of rotatable bonds is 2. The van der Waals surface area contributed by atoms with Gasteiger partial charge in [-0.2, -0.15) is 0 Å². The lowest BCUT2D eigenvalue weighted by Gasteiger charge is -1.89. The number of H-pyrrole nitrogens is 1. The minimum absolute atomic E-state index is 0.00946. The summed E-state index contributed by atoms with van der Waals surface area (Å²) in [5.41, 5.74) is 0.954. The van der Waals surface area contributed by atoms with Gasteiger partial charge in [0.25, 0.3) is 0 Å². The van der Waals surface area contributed by atoms with E-state index in [0.29, 0.717) is 5.39 Å². The highest BCUT2D eigenvalue weighted by Gasteiger charge is 2.12. The number of allylic oxidation sites excluding steroid dienone is 1. The summed E-state index contributed by atoms with van der Waals surface area (Å²) in [6.45, 7) is 0. The van der Waals surface area contributed by atoms with Crippen molar-refractivity contribution in [1.29, 1.82) is 0 Å². The van der Waals surface area contributed by atoms with E-state index in [9.17, 15) is 13.5 Å². The van der Waals surface area contributed by atoms with Gasteiger partial charge in [0.1, 0.15) is 0 Å². The Morgan fingerprint density at radius 3 is 2.63 bits per heavy atom. The van der Waals surface area contributed by atoms with Crippen LogP contribution in [0.15, 0.2) is 57.1 Å². The number of hydrogen-bond acceptors (Lipinski definition) is 5. The first kappa shape index (κ1) is 11.7. The summed E-state index contributed by atoms with van der Waals surface area (Å²) in [5.74, 6) is 0.185. The summed E-state index contributed by atoms with van der Waals surface area (Å²) in [7, 11) is -3.30. The molecule has 2 N–H and O–H groups in total. The number of azo groups is 1. The average Bonchev–Trinajstić information content (AvgIpc) is 2.88. The van der Waals surface area contributed by atoms with Gasteiger partial charge >= 0.3 is 0 Å². The summed E-state index contributed by atoms with van der Waals surface area (Å²) in [4.78, 5) is 2.90. The van der Waals surface area contributed by atoms with Crippen molar-refractivity contribution in [1.82, 2.24) is 4.98 Å². The second-order valence-corrected chi connectivity index (χ2v) is 5.69. The molecule has 2 aromatic rings. The van der Waals surface area contributed by atoms with Crippen LogP contribution in [0.5, 0.6) is 5.75 Å². The summed E-state index contributed by atoms with van der Waals surface area (Å²) in [6.07, 6.45) is 1.35. The van der Waals surface area contributed by atoms with Gasteiger partial charge in [0.15, 0.2) is 21.4 Å². The number of sulfone groups is 1. The number of para-hydroxylation sites is 1. The maximum atomic E-state index is 11.1. The highest BCUT2D eigenvalue weighted by Crippen LogP contribution is 2.35. The van der Waals surface area contributed by atoms with E-state index in [1.807, 2.05) is 6.07 Å². The van der Waals surface area contributed by atoms with Crippen LogP contribution in [0.25, 0.3) is 10.9 Å². The molecule has 0 atom stereocenters. The first-order valence-electron chi connectivity index (χ1n) is 5.41. The normalized spacial score (nSPS) is 17.4. The van der Waals surface area contributed by atoms with E-state index >= 15 is 0 Å². The Balaban J connectivity index is 1.99. The molecule has 0 aliphatic carbocycles. The van der Waals surface area contributed by atoms with Crippen molar-refractivity contribution in [3.8, 4) is 5.75 Å². The topological polar surface area (TPSA) is 94.9 Å². The number of nitrogens with zero attached hydrogens (tertiary/aromatic N) is 2. The van der Waals surface area contributed by atoms with Crippen LogP contribution < -0.4 is 0 Å². The molecular formula is C12H9N3O3S. The number of aromatic hydroxyl groups is 1. The molecule has 0 amide bonds. The Morgan fingerprint density at radius 2 is 1.95 bits per heavy atom. The monoisotopic (exact) mass is 275 g/mol. The molecule has 96 valence electrons. The molecule has 2 heterocycles. The third-order valence-electron chi connectivity index (χ3n) is 2.64. The van der Waals surface area contributed by atoms with Gasteiger partial charge in [-0.05, 0) is 18.2 Å². The summed E-state index contributed by atoms with van der Waals surface area (Å²) in [5, 5.41) is 20.2. The number of aromatic nitrogens is 1. The number of aromatic amines is 1. The van der Waals surface area contributed by atoms with E-state index in [1.54, 1.807) is 18.2 Å². The second kappa shape index (κ2) is 4.06. The van der Waals surface area contributed by atoms with Gasteiger partial charge in [-0.25, -0.2) is 8.42 Å².